The average Bonchev–Trinajstić information content (AvgIpc) is 2.91. The van der Waals surface area contributed by atoms with Crippen molar-refractivity contribution in [1.29, 1.82) is 0 Å². The van der Waals surface area contributed by atoms with Gasteiger partial charge in [0, 0.05) is 12.7 Å². The van der Waals surface area contributed by atoms with Crippen molar-refractivity contribution in [2.24, 2.45) is 0 Å². The maximum Gasteiger partial charge on any atom is 0.225 e. The van der Waals surface area contributed by atoms with Gasteiger partial charge >= 0.3 is 0 Å². The molecule has 0 atom stereocenters. The number of pyridine rings is 1. The molecule has 0 radical (unpaired) electrons. The number of hydrogen-bond acceptors (Lipinski definition) is 5. The molecule has 0 bridgehead atoms. The Morgan fingerprint density at radius 1 is 1.27 bits per heavy atom. The number of nitrogens with one attached hydrogen (secondary N) is 1. The largest absolute Gasteiger partial charge is 0.368 e. The van der Waals surface area contributed by atoms with E-state index in [1.54, 1.807) is 12.4 Å². The van der Waals surface area contributed by atoms with Crippen molar-refractivity contribution in [1.82, 2.24) is 24.7 Å². The third-order valence-electron chi connectivity index (χ3n) is 3.32. The summed E-state index contributed by atoms with van der Waals surface area (Å²) in [5, 5.41) is 7.95. The molecule has 3 rings (SSSR count). The molecule has 0 aliphatic carbocycles. The molecule has 6 nitrogen and oxygen atoms in total. The van der Waals surface area contributed by atoms with Gasteiger partial charge in [-0.2, -0.15) is 10.1 Å². The Morgan fingerprint density at radius 2 is 2.18 bits per heavy atom. The molecular formula is C15H17ClN6. The lowest BCUT2D eigenvalue weighted by Crippen LogP contribution is -2.09. The topological polar surface area (TPSA) is 68.5 Å². The standard InChI is InChI=1S/C15H17ClN6/c1-2-3-7-18-14-13-12(20-15(16)21-14)9-19-22(13)10-11-6-4-5-8-17-11/h4-6,8-9H,2-3,7,10H2,1H3,(H,18,20,21). The van der Waals surface area contributed by atoms with Gasteiger partial charge in [-0.05, 0) is 30.2 Å². The van der Waals surface area contributed by atoms with E-state index < -0.39 is 0 Å². The normalized spacial score (nSPS) is 11.0. The molecule has 0 amide bonds. The van der Waals surface area contributed by atoms with E-state index in [4.69, 9.17) is 11.6 Å². The van der Waals surface area contributed by atoms with Crippen LogP contribution in [0.3, 0.4) is 0 Å². The second kappa shape index (κ2) is 6.70. The van der Waals surface area contributed by atoms with E-state index in [0.29, 0.717) is 6.54 Å². The molecule has 0 aliphatic rings. The first-order valence-corrected chi connectivity index (χ1v) is 7.68. The summed E-state index contributed by atoms with van der Waals surface area (Å²) in [5.41, 5.74) is 2.52. The fraction of sp³-hybridized carbons (Fsp3) is 0.333. The van der Waals surface area contributed by atoms with Gasteiger partial charge in [0.15, 0.2) is 5.82 Å². The molecule has 7 heteroatoms. The van der Waals surface area contributed by atoms with E-state index in [0.717, 1.165) is 41.9 Å². The van der Waals surface area contributed by atoms with Gasteiger partial charge in [0.05, 0.1) is 18.4 Å². The van der Waals surface area contributed by atoms with Crippen LogP contribution in [0.1, 0.15) is 25.5 Å². The van der Waals surface area contributed by atoms with Crippen LogP contribution in [0.2, 0.25) is 5.28 Å². The van der Waals surface area contributed by atoms with Crippen molar-refractivity contribution in [3.63, 3.8) is 0 Å². The third-order valence-corrected chi connectivity index (χ3v) is 3.49. The Balaban J connectivity index is 1.96. The monoisotopic (exact) mass is 316 g/mol. The molecule has 22 heavy (non-hydrogen) atoms. The van der Waals surface area contributed by atoms with Gasteiger partial charge in [0.1, 0.15) is 11.0 Å². The summed E-state index contributed by atoms with van der Waals surface area (Å²) in [6.45, 7) is 3.56. The number of fused-ring (bicyclic) bond motifs is 1. The highest BCUT2D eigenvalue weighted by Gasteiger charge is 2.13. The molecule has 0 unspecified atom stereocenters. The average molecular weight is 317 g/mol. The molecule has 3 aromatic heterocycles. The van der Waals surface area contributed by atoms with Gasteiger partial charge in [-0.1, -0.05) is 19.4 Å². The summed E-state index contributed by atoms with van der Waals surface area (Å²) in [6.07, 6.45) is 5.66. The zero-order valence-corrected chi connectivity index (χ0v) is 13.1. The molecular weight excluding hydrogens is 300 g/mol. The minimum atomic E-state index is 0.226. The smallest absolute Gasteiger partial charge is 0.225 e. The third kappa shape index (κ3) is 3.17. The first-order valence-electron chi connectivity index (χ1n) is 7.30. The molecule has 3 aromatic rings. The Bertz CT molecular complexity index is 755. The van der Waals surface area contributed by atoms with Crippen LogP contribution >= 0.6 is 11.6 Å². The molecule has 0 saturated carbocycles. The molecule has 0 fully saturated rings. The second-order valence-electron chi connectivity index (χ2n) is 4.98. The number of aromatic nitrogens is 5. The first-order chi connectivity index (χ1) is 10.8. The first kappa shape index (κ1) is 14.7. The number of rotatable bonds is 6. The number of halogens is 1. The van der Waals surface area contributed by atoms with Crippen LogP contribution in [0.5, 0.6) is 0 Å². The highest BCUT2D eigenvalue weighted by Crippen LogP contribution is 2.22. The molecule has 0 saturated heterocycles. The Morgan fingerprint density at radius 3 is 2.95 bits per heavy atom. The van der Waals surface area contributed by atoms with Crippen molar-refractivity contribution in [3.8, 4) is 0 Å². The lowest BCUT2D eigenvalue weighted by molar-refractivity contribution is 0.695. The van der Waals surface area contributed by atoms with Crippen molar-refractivity contribution in [2.75, 3.05) is 11.9 Å². The zero-order valence-electron chi connectivity index (χ0n) is 12.3. The molecule has 0 aliphatic heterocycles. The summed E-state index contributed by atoms with van der Waals surface area (Å²) >= 11 is 5.99. The Kier molecular flexibility index (Phi) is 4.48. The highest BCUT2D eigenvalue weighted by atomic mass is 35.5. The van der Waals surface area contributed by atoms with Crippen molar-refractivity contribution in [2.45, 2.75) is 26.3 Å². The van der Waals surface area contributed by atoms with Gasteiger partial charge in [-0.3, -0.25) is 9.67 Å². The number of hydrogen-bond donors (Lipinski definition) is 1. The van der Waals surface area contributed by atoms with Crippen LogP contribution in [0.4, 0.5) is 5.82 Å². The van der Waals surface area contributed by atoms with E-state index in [1.807, 2.05) is 22.9 Å². The summed E-state index contributed by atoms with van der Waals surface area (Å²) in [5.74, 6) is 0.719. The molecule has 1 N–H and O–H groups in total. The van der Waals surface area contributed by atoms with Gasteiger partial charge in [-0.15, -0.1) is 0 Å². The number of anilines is 1. The van der Waals surface area contributed by atoms with Crippen LogP contribution in [0.15, 0.2) is 30.6 Å². The lowest BCUT2D eigenvalue weighted by Gasteiger charge is -2.09. The minimum absolute atomic E-state index is 0.226. The highest BCUT2D eigenvalue weighted by molar-refractivity contribution is 6.28. The van der Waals surface area contributed by atoms with Crippen molar-refractivity contribution in [3.05, 3.63) is 41.6 Å². The number of nitrogens with zero attached hydrogens (tertiary/aromatic N) is 5. The molecule has 0 aromatic carbocycles. The predicted molar refractivity (Wildman–Crippen MR) is 87.1 cm³/mol. The van der Waals surface area contributed by atoms with Crippen molar-refractivity contribution >= 4 is 28.5 Å². The second-order valence-corrected chi connectivity index (χ2v) is 5.32. The van der Waals surface area contributed by atoms with Crippen LogP contribution in [-0.4, -0.2) is 31.3 Å². The van der Waals surface area contributed by atoms with Crippen LogP contribution in [0, 0.1) is 0 Å². The summed E-state index contributed by atoms with van der Waals surface area (Å²) in [7, 11) is 0. The quantitative estimate of drug-likeness (QED) is 0.559. The Hall–Kier alpha value is -2.21. The van der Waals surface area contributed by atoms with Gasteiger partial charge in [0.2, 0.25) is 5.28 Å². The molecule has 0 spiro atoms. The fourth-order valence-corrected chi connectivity index (χ4v) is 2.42. The summed E-state index contributed by atoms with van der Waals surface area (Å²) in [4.78, 5) is 12.9. The lowest BCUT2D eigenvalue weighted by atomic mass is 10.3. The van der Waals surface area contributed by atoms with Crippen LogP contribution in [0.25, 0.3) is 11.0 Å². The summed E-state index contributed by atoms with van der Waals surface area (Å²) < 4.78 is 1.85. The Labute approximate surface area is 133 Å². The molecule has 114 valence electrons. The fourth-order valence-electron chi connectivity index (χ4n) is 2.24. The van der Waals surface area contributed by atoms with Gasteiger partial charge in [-0.25, -0.2) is 4.98 Å². The maximum atomic E-state index is 5.99. The van der Waals surface area contributed by atoms with Crippen molar-refractivity contribution < 1.29 is 0 Å². The van der Waals surface area contributed by atoms with E-state index >= 15 is 0 Å². The minimum Gasteiger partial charge on any atom is -0.368 e. The summed E-state index contributed by atoms with van der Waals surface area (Å²) in [6, 6.07) is 5.82. The predicted octanol–water partition coefficient (Wildman–Crippen LogP) is 3.14. The van der Waals surface area contributed by atoms with Gasteiger partial charge < -0.3 is 5.32 Å². The van der Waals surface area contributed by atoms with E-state index in [2.05, 4.69) is 32.3 Å². The van der Waals surface area contributed by atoms with E-state index in [9.17, 15) is 0 Å². The van der Waals surface area contributed by atoms with Gasteiger partial charge in [0.25, 0.3) is 0 Å². The van der Waals surface area contributed by atoms with Crippen LogP contribution in [-0.2, 0) is 6.54 Å². The van der Waals surface area contributed by atoms with E-state index in [1.165, 1.54) is 0 Å². The van der Waals surface area contributed by atoms with E-state index in [-0.39, 0.29) is 5.28 Å². The maximum absolute atomic E-state index is 5.99. The number of unbranched alkanes of at least 4 members (excludes halogenated alkanes) is 1. The zero-order chi connectivity index (χ0) is 15.4. The molecule has 3 heterocycles. The SMILES string of the molecule is CCCCNc1nc(Cl)nc2cnn(Cc3ccccn3)c12. The van der Waals surface area contributed by atoms with Crippen LogP contribution < -0.4 is 5.32 Å².